The fraction of sp³-hybridized carbons (Fsp3) is 0.444. The third-order valence-corrected chi connectivity index (χ3v) is 5.38. The second kappa shape index (κ2) is 8.89. The Bertz CT molecular complexity index is 712. The van der Waals surface area contributed by atoms with Gasteiger partial charge >= 0.3 is 0 Å². The Kier molecular flexibility index (Phi) is 6.58. The summed E-state index contributed by atoms with van der Waals surface area (Å²) in [5, 5.41) is 3.49. The number of nitrogens with one attached hydrogen (secondary N) is 1. The summed E-state index contributed by atoms with van der Waals surface area (Å²) >= 11 is 4.92. The van der Waals surface area contributed by atoms with E-state index in [1.807, 2.05) is 31.2 Å². The highest BCUT2D eigenvalue weighted by Gasteiger charge is 2.16. The van der Waals surface area contributed by atoms with Crippen molar-refractivity contribution in [1.82, 2.24) is 4.98 Å². The Morgan fingerprint density at radius 3 is 2.96 bits per heavy atom. The number of carbonyl (C=O) groups excluding carboxylic acids is 1. The topological polar surface area (TPSA) is 60.5 Å². The second-order valence-electron chi connectivity index (χ2n) is 5.94. The summed E-state index contributed by atoms with van der Waals surface area (Å²) in [5.41, 5.74) is 1.94. The van der Waals surface area contributed by atoms with E-state index in [2.05, 4.69) is 26.2 Å². The molecule has 0 bridgehead atoms. The van der Waals surface area contributed by atoms with E-state index >= 15 is 0 Å². The van der Waals surface area contributed by atoms with E-state index in [0.29, 0.717) is 24.8 Å². The Hall–Kier alpha value is -1.28. The Balaban J connectivity index is 1.48. The molecule has 0 spiro atoms. The Morgan fingerprint density at radius 2 is 2.24 bits per heavy atom. The zero-order valence-electron chi connectivity index (χ0n) is 14.1. The van der Waals surface area contributed by atoms with Crippen molar-refractivity contribution in [3.05, 3.63) is 33.6 Å². The molecule has 0 saturated carbocycles. The van der Waals surface area contributed by atoms with Crippen molar-refractivity contribution in [3.63, 3.8) is 0 Å². The molecule has 2 heterocycles. The average molecular weight is 425 g/mol. The molecule has 1 aliphatic heterocycles. The van der Waals surface area contributed by atoms with Gasteiger partial charge in [0.1, 0.15) is 0 Å². The highest BCUT2D eigenvalue weighted by molar-refractivity contribution is 9.10. The van der Waals surface area contributed by atoms with Crippen LogP contribution in [0.1, 0.15) is 24.1 Å². The van der Waals surface area contributed by atoms with E-state index in [9.17, 15) is 4.79 Å². The Labute approximate surface area is 159 Å². The first-order valence-corrected chi connectivity index (χ1v) is 9.95. The maximum absolute atomic E-state index is 12.0. The van der Waals surface area contributed by atoms with E-state index in [1.165, 1.54) is 11.3 Å². The highest BCUT2D eigenvalue weighted by atomic mass is 79.9. The first-order valence-electron chi connectivity index (χ1n) is 8.34. The van der Waals surface area contributed by atoms with Crippen LogP contribution in [0, 0.1) is 6.92 Å². The van der Waals surface area contributed by atoms with E-state index < -0.39 is 0 Å². The maximum Gasteiger partial charge on any atom is 0.228 e. The number of aryl methyl sites for hydroxylation is 1. The largest absolute Gasteiger partial charge is 0.378 e. The zero-order valence-corrected chi connectivity index (χ0v) is 16.5. The molecule has 1 saturated heterocycles. The average Bonchev–Trinajstić information content (AvgIpc) is 3.22. The normalized spacial score (nSPS) is 17.0. The van der Waals surface area contributed by atoms with Crippen LogP contribution in [-0.4, -0.2) is 36.8 Å². The fourth-order valence-corrected chi connectivity index (χ4v) is 3.78. The Morgan fingerprint density at radius 1 is 1.44 bits per heavy atom. The first-order chi connectivity index (χ1) is 12.1. The molecule has 1 fully saturated rings. The van der Waals surface area contributed by atoms with E-state index in [1.54, 1.807) is 0 Å². The predicted molar refractivity (Wildman–Crippen MR) is 103 cm³/mol. The van der Waals surface area contributed by atoms with Crippen LogP contribution in [0.15, 0.2) is 28.7 Å². The lowest BCUT2D eigenvalue weighted by Gasteiger charge is -2.09. The molecule has 2 aromatic rings. The lowest BCUT2D eigenvalue weighted by Crippen LogP contribution is -2.18. The SMILES string of the molecule is Cc1sc(NC(=O)CCOCC2CCCO2)nc1-c1ccc(Br)cc1. The smallest absolute Gasteiger partial charge is 0.228 e. The second-order valence-corrected chi connectivity index (χ2v) is 8.06. The molecule has 1 unspecified atom stereocenters. The predicted octanol–water partition coefficient (Wildman–Crippen LogP) is 4.41. The van der Waals surface area contributed by atoms with Gasteiger partial charge in [-0.3, -0.25) is 4.79 Å². The van der Waals surface area contributed by atoms with Gasteiger partial charge in [-0.15, -0.1) is 11.3 Å². The number of nitrogens with zero attached hydrogens (tertiary/aromatic N) is 1. The third-order valence-electron chi connectivity index (χ3n) is 3.96. The third kappa shape index (κ3) is 5.34. The summed E-state index contributed by atoms with van der Waals surface area (Å²) in [7, 11) is 0. The van der Waals surface area contributed by atoms with Gasteiger partial charge in [0, 0.05) is 21.5 Å². The van der Waals surface area contributed by atoms with Crippen LogP contribution >= 0.6 is 27.3 Å². The standard InChI is InChI=1S/C18H21BrN2O3S/c1-12-17(13-4-6-14(19)7-5-13)21-18(25-12)20-16(22)8-10-23-11-15-3-2-9-24-15/h4-7,15H,2-3,8-11H2,1H3,(H,20,21,22). The molecule has 134 valence electrons. The molecule has 1 atom stereocenters. The van der Waals surface area contributed by atoms with Crippen molar-refractivity contribution in [1.29, 1.82) is 0 Å². The zero-order chi connectivity index (χ0) is 17.6. The molecule has 7 heteroatoms. The molecule has 1 aliphatic rings. The van der Waals surface area contributed by atoms with Gasteiger partial charge in [0.05, 0.1) is 31.4 Å². The van der Waals surface area contributed by atoms with E-state index in [4.69, 9.17) is 9.47 Å². The number of hydrogen-bond donors (Lipinski definition) is 1. The number of hydrogen-bond acceptors (Lipinski definition) is 5. The summed E-state index contributed by atoms with van der Waals surface area (Å²) in [6, 6.07) is 7.99. The number of carbonyl (C=O) groups is 1. The summed E-state index contributed by atoms with van der Waals surface area (Å²) in [6.45, 7) is 3.79. The van der Waals surface area contributed by atoms with Crippen molar-refractivity contribution < 1.29 is 14.3 Å². The van der Waals surface area contributed by atoms with Crippen LogP contribution in [0.2, 0.25) is 0 Å². The summed E-state index contributed by atoms with van der Waals surface area (Å²) < 4.78 is 12.0. The van der Waals surface area contributed by atoms with Gasteiger partial charge in [-0.05, 0) is 31.9 Å². The number of anilines is 1. The van der Waals surface area contributed by atoms with Crippen LogP contribution in [0.3, 0.4) is 0 Å². The number of aromatic nitrogens is 1. The van der Waals surface area contributed by atoms with Gasteiger partial charge in [-0.1, -0.05) is 28.1 Å². The number of benzene rings is 1. The molecule has 1 aromatic heterocycles. The van der Waals surface area contributed by atoms with E-state index in [0.717, 1.165) is 40.1 Å². The van der Waals surface area contributed by atoms with Crippen LogP contribution in [-0.2, 0) is 14.3 Å². The van der Waals surface area contributed by atoms with Gasteiger partial charge in [-0.2, -0.15) is 0 Å². The highest BCUT2D eigenvalue weighted by Crippen LogP contribution is 2.31. The minimum absolute atomic E-state index is 0.0801. The molecule has 0 aliphatic carbocycles. The van der Waals surface area contributed by atoms with Crippen molar-refractivity contribution >= 4 is 38.3 Å². The van der Waals surface area contributed by atoms with Crippen molar-refractivity contribution in [2.24, 2.45) is 0 Å². The van der Waals surface area contributed by atoms with Gasteiger partial charge in [0.25, 0.3) is 0 Å². The van der Waals surface area contributed by atoms with Crippen LogP contribution in [0.4, 0.5) is 5.13 Å². The molecule has 1 amide bonds. The minimum atomic E-state index is -0.0801. The molecular formula is C18H21BrN2O3S. The van der Waals surface area contributed by atoms with E-state index in [-0.39, 0.29) is 12.0 Å². The number of thiazole rings is 1. The molecule has 1 aromatic carbocycles. The number of amides is 1. The lowest BCUT2D eigenvalue weighted by molar-refractivity contribution is -0.117. The van der Waals surface area contributed by atoms with Gasteiger partial charge in [0.15, 0.2) is 5.13 Å². The quantitative estimate of drug-likeness (QED) is 0.668. The summed E-state index contributed by atoms with van der Waals surface area (Å²) in [4.78, 5) is 17.7. The summed E-state index contributed by atoms with van der Waals surface area (Å²) in [5.74, 6) is -0.0801. The summed E-state index contributed by atoms with van der Waals surface area (Å²) in [6.07, 6.45) is 2.65. The molecule has 1 N–H and O–H groups in total. The number of rotatable bonds is 7. The molecule has 3 rings (SSSR count). The maximum atomic E-state index is 12.0. The minimum Gasteiger partial charge on any atom is -0.378 e. The van der Waals surface area contributed by atoms with Crippen LogP contribution in [0.25, 0.3) is 11.3 Å². The van der Waals surface area contributed by atoms with Crippen molar-refractivity contribution in [2.45, 2.75) is 32.3 Å². The molecule has 5 nitrogen and oxygen atoms in total. The van der Waals surface area contributed by atoms with Gasteiger partial charge in [-0.25, -0.2) is 4.98 Å². The lowest BCUT2D eigenvalue weighted by atomic mass is 10.1. The first kappa shape index (κ1) is 18.5. The molecule has 25 heavy (non-hydrogen) atoms. The fourth-order valence-electron chi connectivity index (χ4n) is 2.66. The molecule has 0 radical (unpaired) electrons. The van der Waals surface area contributed by atoms with Crippen LogP contribution in [0.5, 0.6) is 0 Å². The van der Waals surface area contributed by atoms with Crippen LogP contribution < -0.4 is 5.32 Å². The monoisotopic (exact) mass is 424 g/mol. The van der Waals surface area contributed by atoms with Crippen molar-refractivity contribution in [2.75, 3.05) is 25.1 Å². The number of ether oxygens (including phenoxy) is 2. The number of halogens is 1. The van der Waals surface area contributed by atoms with Gasteiger partial charge < -0.3 is 14.8 Å². The molecular weight excluding hydrogens is 404 g/mol. The van der Waals surface area contributed by atoms with Crippen molar-refractivity contribution in [3.8, 4) is 11.3 Å². The van der Waals surface area contributed by atoms with Gasteiger partial charge in [0.2, 0.25) is 5.91 Å².